The average molecular weight is 257 g/mol. The molecule has 0 bridgehead atoms. The first-order chi connectivity index (χ1) is 8.45. The number of hydrogen-bond donors (Lipinski definition) is 0. The van der Waals surface area contributed by atoms with Gasteiger partial charge in [0.1, 0.15) is 5.69 Å². The van der Waals surface area contributed by atoms with Gasteiger partial charge in [-0.1, -0.05) is 0 Å². The molecule has 18 heavy (non-hydrogen) atoms. The fourth-order valence-corrected chi connectivity index (χ4v) is 2.41. The summed E-state index contributed by atoms with van der Waals surface area (Å²) in [6, 6.07) is 1.35. The molecule has 0 radical (unpaired) electrons. The van der Waals surface area contributed by atoms with Gasteiger partial charge >= 0.3 is 6.18 Å². The summed E-state index contributed by atoms with van der Waals surface area (Å²) < 4.78 is 40.4. The van der Waals surface area contributed by atoms with Gasteiger partial charge in [-0.3, -0.25) is 4.68 Å². The van der Waals surface area contributed by atoms with Crippen molar-refractivity contribution in [3.63, 3.8) is 0 Å². The molecular weight excluding hydrogens is 243 g/mol. The Morgan fingerprint density at radius 2 is 2.06 bits per heavy atom. The SMILES string of the molecule is CC(CC#N)n1nc2c(c1C(F)(F)F)CCCC2. The van der Waals surface area contributed by atoms with E-state index in [0.29, 0.717) is 24.1 Å². The number of hydrogen-bond acceptors (Lipinski definition) is 2. The van der Waals surface area contributed by atoms with E-state index >= 15 is 0 Å². The summed E-state index contributed by atoms with van der Waals surface area (Å²) >= 11 is 0. The summed E-state index contributed by atoms with van der Waals surface area (Å²) in [5.74, 6) is 0. The number of halogens is 3. The largest absolute Gasteiger partial charge is 0.433 e. The van der Waals surface area contributed by atoms with E-state index in [1.54, 1.807) is 6.92 Å². The number of nitrogens with zero attached hydrogens (tertiary/aromatic N) is 3. The molecule has 1 heterocycles. The monoisotopic (exact) mass is 257 g/mol. The van der Waals surface area contributed by atoms with Crippen LogP contribution >= 0.6 is 0 Å². The number of nitriles is 1. The summed E-state index contributed by atoms with van der Waals surface area (Å²) in [5, 5.41) is 12.7. The van der Waals surface area contributed by atoms with Gasteiger partial charge in [-0.05, 0) is 32.6 Å². The summed E-state index contributed by atoms with van der Waals surface area (Å²) in [5.41, 5.74) is 0.233. The molecule has 1 atom stereocenters. The van der Waals surface area contributed by atoms with Crippen LogP contribution in [-0.2, 0) is 19.0 Å². The Labute approximate surface area is 103 Å². The van der Waals surface area contributed by atoms with Crippen molar-refractivity contribution in [1.82, 2.24) is 9.78 Å². The first-order valence-electron chi connectivity index (χ1n) is 5.99. The van der Waals surface area contributed by atoms with Gasteiger partial charge in [0, 0.05) is 5.56 Å². The molecule has 3 nitrogen and oxygen atoms in total. The third-order valence-electron chi connectivity index (χ3n) is 3.25. The van der Waals surface area contributed by atoms with Crippen molar-refractivity contribution < 1.29 is 13.2 Å². The van der Waals surface area contributed by atoms with Crippen LogP contribution < -0.4 is 0 Å². The van der Waals surface area contributed by atoms with Crippen LogP contribution in [0.5, 0.6) is 0 Å². The maximum absolute atomic E-state index is 13.1. The minimum Gasteiger partial charge on any atom is -0.256 e. The molecule has 98 valence electrons. The smallest absolute Gasteiger partial charge is 0.256 e. The second-order valence-electron chi connectivity index (χ2n) is 4.63. The molecule has 1 aliphatic rings. The summed E-state index contributed by atoms with van der Waals surface area (Å²) in [4.78, 5) is 0. The van der Waals surface area contributed by atoms with Crippen molar-refractivity contribution in [1.29, 1.82) is 5.26 Å². The zero-order valence-electron chi connectivity index (χ0n) is 10.1. The fraction of sp³-hybridized carbons (Fsp3) is 0.667. The van der Waals surface area contributed by atoms with E-state index < -0.39 is 17.9 Å². The van der Waals surface area contributed by atoms with Gasteiger partial charge in [-0.25, -0.2) is 0 Å². The van der Waals surface area contributed by atoms with Gasteiger partial charge in [0.15, 0.2) is 0 Å². The lowest BCUT2D eigenvalue weighted by Gasteiger charge is -2.16. The molecule has 0 fully saturated rings. The minimum absolute atomic E-state index is 0.0314. The summed E-state index contributed by atoms with van der Waals surface area (Å²) in [6.07, 6.45) is -1.68. The topological polar surface area (TPSA) is 41.6 Å². The van der Waals surface area contributed by atoms with E-state index in [2.05, 4.69) is 5.10 Å². The molecule has 6 heteroatoms. The Hall–Kier alpha value is -1.51. The quantitative estimate of drug-likeness (QED) is 0.816. The fourth-order valence-electron chi connectivity index (χ4n) is 2.41. The maximum atomic E-state index is 13.1. The lowest BCUT2D eigenvalue weighted by atomic mass is 9.95. The van der Waals surface area contributed by atoms with Gasteiger partial charge in [0.25, 0.3) is 0 Å². The van der Waals surface area contributed by atoms with Crippen molar-refractivity contribution >= 4 is 0 Å². The van der Waals surface area contributed by atoms with Gasteiger partial charge in [0.05, 0.1) is 24.2 Å². The van der Waals surface area contributed by atoms with Crippen LogP contribution in [0.25, 0.3) is 0 Å². The van der Waals surface area contributed by atoms with Gasteiger partial charge in [-0.2, -0.15) is 23.5 Å². The van der Waals surface area contributed by atoms with Gasteiger partial charge in [-0.15, -0.1) is 0 Å². The van der Waals surface area contributed by atoms with Crippen LogP contribution in [0, 0.1) is 11.3 Å². The number of fused-ring (bicyclic) bond motifs is 1. The van der Waals surface area contributed by atoms with Crippen LogP contribution in [0.1, 0.15) is 49.2 Å². The molecule has 0 amide bonds. The highest BCUT2D eigenvalue weighted by atomic mass is 19.4. The molecule has 2 rings (SSSR count). The van der Waals surface area contributed by atoms with Crippen molar-refractivity contribution in [2.75, 3.05) is 0 Å². The number of aromatic nitrogens is 2. The molecule has 0 saturated heterocycles. The normalized spacial score (nSPS) is 17.1. The first-order valence-corrected chi connectivity index (χ1v) is 5.99. The van der Waals surface area contributed by atoms with Crippen LogP contribution in [-0.4, -0.2) is 9.78 Å². The summed E-state index contributed by atoms with van der Waals surface area (Å²) in [6.45, 7) is 1.59. The number of rotatable bonds is 2. The molecular formula is C12H14F3N3. The van der Waals surface area contributed by atoms with Gasteiger partial charge < -0.3 is 0 Å². The molecule has 0 aliphatic heterocycles. The average Bonchev–Trinajstić information content (AvgIpc) is 2.68. The van der Waals surface area contributed by atoms with Crippen molar-refractivity contribution in [3.05, 3.63) is 17.0 Å². The molecule has 0 N–H and O–H groups in total. The Kier molecular flexibility index (Phi) is 3.33. The van der Waals surface area contributed by atoms with Crippen LogP contribution in [0.3, 0.4) is 0 Å². The Morgan fingerprint density at radius 1 is 1.39 bits per heavy atom. The number of aryl methyl sites for hydroxylation is 1. The highest BCUT2D eigenvalue weighted by Gasteiger charge is 2.41. The number of alkyl halides is 3. The molecule has 0 aromatic carbocycles. The highest BCUT2D eigenvalue weighted by molar-refractivity contribution is 5.31. The minimum atomic E-state index is -4.40. The predicted molar refractivity (Wildman–Crippen MR) is 58.8 cm³/mol. The zero-order chi connectivity index (χ0) is 13.3. The molecule has 1 aromatic heterocycles. The van der Waals surface area contributed by atoms with Crippen molar-refractivity contribution in [2.45, 2.75) is 51.2 Å². The molecule has 0 spiro atoms. The standard InChI is InChI=1S/C12H14F3N3/c1-8(6-7-16)18-11(12(13,14)15)9-4-2-3-5-10(9)17-18/h8H,2-6H2,1H3. The lowest BCUT2D eigenvalue weighted by molar-refractivity contribution is -0.145. The van der Waals surface area contributed by atoms with E-state index in [1.165, 1.54) is 0 Å². The Bertz CT molecular complexity index is 482. The van der Waals surface area contributed by atoms with Crippen LogP contribution in [0.2, 0.25) is 0 Å². The molecule has 1 aromatic rings. The molecule has 1 unspecified atom stereocenters. The maximum Gasteiger partial charge on any atom is 0.433 e. The Morgan fingerprint density at radius 3 is 2.67 bits per heavy atom. The molecule has 0 saturated carbocycles. The van der Waals surface area contributed by atoms with E-state index in [1.807, 2.05) is 6.07 Å². The van der Waals surface area contributed by atoms with E-state index in [0.717, 1.165) is 17.5 Å². The zero-order valence-corrected chi connectivity index (χ0v) is 10.1. The highest BCUT2D eigenvalue weighted by Crippen LogP contribution is 2.38. The second-order valence-corrected chi connectivity index (χ2v) is 4.63. The second kappa shape index (κ2) is 4.63. The summed E-state index contributed by atoms with van der Waals surface area (Å²) in [7, 11) is 0. The third kappa shape index (κ3) is 2.22. The van der Waals surface area contributed by atoms with E-state index in [9.17, 15) is 13.2 Å². The van der Waals surface area contributed by atoms with Crippen LogP contribution in [0.15, 0.2) is 0 Å². The van der Waals surface area contributed by atoms with Crippen molar-refractivity contribution in [3.8, 4) is 6.07 Å². The predicted octanol–water partition coefficient (Wildman–Crippen LogP) is 3.26. The van der Waals surface area contributed by atoms with Crippen molar-refractivity contribution in [2.24, 2.45) is 0 Å². The van der Waals surface area contributed by atoms with E-state index in [-0.39, 0.29) is 6.42 Å². The first kappa shape index (κ1) is 12.9. The van der Waals surface area contributed by atoms with Crippen LogP contribution in [0.4, 0.5) is 13.2 Å². The lowest BCUT2D eigenvalue weighted by Crippen LogP contribution is -2.19. The Balaban J connectivity index is 2.52. The third-order valence-corrected chi connectivity index (χ3v) is 3.25. The van der Waals surface area contributed by atoms with Gasteiger partial charge in [0.2, 0.25) is 0 Å². The van der Waals surface area contributed by atoms with E-state index in [4.69, 9.17) is 5.26 Å². The molecule has 1 aliphatic carbocycles.